The Bertz CT molecular complexity index is 1040. The molecule has 1 aliphatic heterocycles. The summed E-state index contributed by atoms with van der Waals surface area (Å²) in [5.74, 6) is -1.98. The lowest BCUT2D eigenvalue weighted by molar-refractivity contribution is -0.144. The smallest absolute Gasteiger partial charge is 0.337 e. The van der Waals surface area contributed by atoms with Crippen LogP contribution in [0.3, 0.4) is 0 Å². The Morgan fingerprint density at radius 3 is 2.30 bits per heavy atom. The minimum atomic E-state index is -4.12. The molecule has 30 heavy (non-hydrogen) atoms. The fraction of sp³-hybridized carbons (Fsp3) is 0.300. The molecule has 160 valence electrons. The molecule has 0 aromatic heterocycles. The largest absolute Gasteiger partial charge is 0.486 e. The molecule has 2 atom stereocenters. The second-order valence-corrected chi connectivity index (χ2v) is 8.43. The number of carbonyl (C=O) groups is 2. The number of rotatable bonds is 6. The van der Waals surface area contributed by atoms with Crippen LogP contribution in [-0.2, 0) is 24.3 Å². The third kappa shape index (κ3) is 4.29. The highest BCUT2D eigenvalue weighted by atomic mass is 32.2. The van der Waals surface area contributed by atoms with Gasteiger partial charge in [0, 0.05) is 6.42 Å². The van der Waals surface area contributed by atoms with Gasteiger partial charge in [0.1, 0.15) is 12.1 Å². The van der Waals surface area contributed by atoms with Crippen LogP contribution in [0.25, 0.3) is 0 Å². The van der Waals surface area contributed by atoms with Crippen LogP contribution < -0.4 is 4.74 Å². The van der Waals surface area contributed by atoms with Crippen molar-refractivity contribution in [3.63, 3.8) is 0 Å². The van der Waals surface area contributed by atoms with Crippen molar-refractivity contribution in [3.8, 4) is 5.75 Å². The third-order valence-electron chi connectivity index (χ3n) is 4.70. The van der Waals surface area contributed by atoms with Crippen LogP contribution in [0.1, 0.15) is 16.8 Å². The Labute approximate surface area is 173 Å². The summed E-state index contributed by atoms with van der Waals surface area (Å²) in [6.45, 7) is -0.171. The number of esters is 2. The second-order valence-electron chi connectivity index (χ2n) is 6.54. The molecule has 0 bridgehead atoms. The Hall–Kier alpha value is -2.98. The zero-order valence-electron chi connectivity index (χ0n) is 16.3. The Morgan fingerprint density at radius 1 is 1.03 bits per heavy atom. The summed E-state index contributed by atoms with van der Waals surface area (Å²) in [6, 6.07) is 9.74. The normalized spacial score (nSPS) is 19.3. The maximum absolute atomic E-state index is 13.9. The number of nitrogens with zero attached hydrogens (tertiary/aromatic N) is 1. The molecule has 0 N–H and O–H groups in total. The van der Waals surface area contributed by atoms with Gasteiger partial charge in [-0.2, -0.15) is 4.31 Å². The Morgan fingerprint density at radius 2 is 1.70 bits per heavy atom. The molecule has 0 saturated carbocycles. The number of ether oxygens (including phenoxy) is 3. The van der Waals surface area contributed by atoms with Crippen LogP contribution in [0.15, 0.2) is 53.4 Å². The minimum Gasteiger partial charge on any atom is -0.486 e. The second kappa shape index (κ2) is 8.80. The number of halogens is 1. The fourth-order valence-corrected chi connectivity index (χ4v) is 4.83. The number of hydrogen-bond acceptors (Lipinski definition) is 7. The first-order valence-corrected chi connectivity index (χ1v) is 10.4. The average molecular weight is 437 g/mol. The van der Waals surface area contributed by atoms with Crippen molar-refractivity contribution in [2.75, 3.05) is 20.8 Å². The van der Waals surface area contributed by atoms with Gasteiger partial charge in [-0.3, -0.25) is 4.79 Å². The predicted octanol–water partition coefficient (Wildman–Crippen LogP) is 2.00. The number of hydrogen-bond donors (Lipinski definition) is 0. The van der Waals surface area contributed by atoms with Gasteiger partial charge in [-0.05, 0) is 36.4 Å². The Kier molecular flexibility index (Phi) is 6.37. The first-order valence-electron chi connectivity index (χ1n) is 8.97. The molecule has 3 rings (SSSR count). The molecular weight excluding hydrogens is 417 g/mol. The molecule has 10 heteroatoms. The molecule has 0 spiro atoms. The Balaban J connectivity index is 1.88. The topological polar surface area (TPSA) is 99.2 Å². The van der Waals surface area contributed by atoms with E-state index < -0.39 is 39.9 Å². The van der Waals surface area contributed by atoms with Crippen LogP contribution in [0.2, 0.25) is 0 Å². The van der Waals surface area contributed by atoms with E-state index >= 15 is 0 Å². The maximum Gasteiger partial charge on any atom is 0.337 e. The first-order chi connectivity index (χ1) is 14.3. The van der Waals surface area contributed by atoms with Crippen LogP contribution >= 0.6 is 0 Å². The summed E-state index contributed by atoms with van der Waals surface area (Å²) in [5.41, 5.74) is 0.183. The molecule has 0 amide bonds. The fourth-order valence-electron chi connectivity index (χ4n) is 3.21. The number of benzene rings is 2. The van der Waals surface area contributed by atoms with Gasteiger partial charge in [-0.1, -0.05) is 12.1 Å². The molecule has 1 heterocycles. The van der Waals surface area contributed by atoms with Crippen molar-refractivity contribution in [1.29, 1.82) is 0 Å². The molecule has 2 aromatic rings. The lowest BCUT2D eigenvalue weighted by atomic mass is 10.2. The quantitative estimate of drug-likeness (QED) is 0.638. The summed E-state index contributed by atoms with van der Waals surface area (Å²) < 4.78 is 56.1. The van der Waals surface area contributed by atoms with Crippen molar-refractivity contribution in [3.05, 3.63) is 59.9 Å². The molecule has 1 saturated heterocycles. The molecular formula is C20H20FNO7S. The molecule has 1 aliphatic rings. The monoisotopic (exact) mass is 437 g/mol. The van der Waals surface area contributed by atoms with E-state index in [1.54, 1.807) is 6.07 Å². The van der Waals surface area contributed by atoms with E-state index in [0.29, 0.717) is 0 Å². The van der Waals surface area contributed by atoms with Crippen LogP contribution in [0, 0.1) is 5.82 Å². The maximum atomic E-state index is 13.9. The summed E-state index contributed by atoms with van der Waals surface area (Å²) in [5, 5.41) is 0. The summed E-state index contributed by atoms with van der Waals surface area (Å²) in [7, 11) is -1.75. The SMILES string of the molecule is COC(=O)c1ccc(S(=O)(=O)N2CC(Oc3ccccc3F)CC2C(=O)OC)cc1. The molecule has 0 aliphatic carbocycles. The predicted molar refractivity (Wildman–Crippen MR) is 103 cm³/mol. The van der Waals surface area contributed by atoms with Crippen molar-refractivity contribution in [2.24, 2.45) is 0 Å². The van der Waals surface area contributed by atoms with Crippen molar-refractivity contribution < 1.29 is 36.6 Å². The van der Waals surface area contributed by atoms with Gasteiger partial charge >= 0.3 is 11.9 Å². The molecule has 0 radical (unpaired) electrons. The summed E-state index contributed by atoms with van der Waals surface area (Å²) in [4.78, 5) is 23.7. The number of methoxy groups -OCH3 is 2. The van der Waals surface area contributed by atoms with Gasteiger partial charge in [0.15, 0.2) is 11.6 Å². The van der Waals surface area contributed by atoms with E-state index in [9.17, 15) is 22.4 Å². The highest BCUT2D eigenvalue weighted by molar-refractivity contribution is 7.89. The van der Waals surface area contributed by atoms with Gasteiger partial charge in [-0.15, -0.1) is 0 Å². The minimum absolute atomic E-state index is 0.000478. The van der Waals surface area contributed by atoms with E-state index in [-0.39, 0.29) is 29.2 Å². The van der Waals surface area contributed by atoms with Crippen LogP contribution in [-0.4, -0.2) is 57.6 Å². The van der Waals surface area contributed by atoms with Crippen molar-refractivity contribution in [1.82, 2.24) is 4.31 Å². The zero-order valence-corrected chi connectivity index (χ0v) is 17.1. The lowest BCUT2D eigenvalue weighted by Crippen LogP contribution is -2.41. The van der Waals surface area contributed by atoms with E-state index in [0.717, 1.165) is 11.4 Å². The van der Waals surface area contributed by atoms with E-state index in [1.165, 1.54) is 49.6 Å². The van der Waals surface area contributed by atoms with Crippen molar-refractivity contribution >= 4 is 22.0 Å². The van der Waals surface area contributed by atoms with Crippen LogP contribution in [0.5, 0.6) is 5.75 Å². The molecule has 1 fully saturated rings. The standard InChI is InChI=1S/C20H20FNO7S/c1-27-19(23)13-7-9-15(10-8-13)30(25,26)22-12-14(11-17(22)20(24)28-2)29-18-6-4-3-5-16(18)21/h3-10,14,17H,11-12H2,1-2H3. The lowest BCUT2D eigenvalue weighted by Gasteiger charge is -2.21. The molecule has 2 unspecified atom stereocenters. The van der Waals surface area contributed by atoms with Gasteiger partial charge in [0.05, 0.1) is 31.2 Å². The van der Waals surface area contributed by atoms with E-state index in [1.807, 2.05) is 0 Å². The van der Waals surface area contributed by atoms with Gasteiger partial charge < -0.3 is 14.2 Å². The number of carbonyl (C=O) groups excluding carboxylic acids is 2. The van der Waals surface area contributed by atoms with E-state index in [4.69, 9.17) is 9.47 Å². The van der Waals surface area contributed by atoms with Crippen molar-refractivity contribution in [2.45, 2.75) is 23.5 Å². The third-order valence-corrected chi connectivity index (χ3v) is 6.59. The average Bonchev–Trinajstić information content (AvgIpc) is 3.19. The number of para-hydroxylation sites is 1. The summed E-state index contributed by atoms with van der Waals surface area (Å²) >= 11 is 0. The summed E-state index contributed by atoms with van der Waals surface area (Å²) in [6.07, 6.45) is -0.754. The zero-order chi connectivity index (χ0) is 21.9. The van der Waals surface area contributed by atoms with Gasteiger partial charge in [0.25, 0.3) is 0 Å². The number of sulfonamides is 1. The molecule has 8 nitrogen and oxygen atoms in total. The van der Waals surface area contributed by atoms with Gasteiger partial charge in [-0.25, -0.2) is 17.6 Å². The first kappa shape index (κ1) is 21.7. The highest BCUT2D eigenvalue weighted by Crippen LogP contribution is 2.30. The molecule has 2 aromatic carbocycles. The highest BCUT2D eigenvalue weighted by Gasteiger charge is 2.45. The van der Waals surface area contributed by atoms with Crippen LogP contribution in [0.4, 0.5) is 4.39 Å². The van der Waals surface area contributed by atoms with E-state index in [2.05, 4.69) is 4.74 Å². The van der Waals surface area contributed by atoms with Gasteiger partial charge in [0.2, 0.25) is 10.0 Å².